The lowest BCUT2D eigenvalue weighted by molar-refractivity contribution is -0.0682. The Morgan fingerprint density at radius 2 is 1.81 bits per heavy atom. The molecule has 0 bridgehead atoms. The molecule has 0 aromatic rings. The van der Waals surface area contributed by atoms with E-state index in [9.17, 15) is 15.3 Å². The summed E-state index contributed by atoms with van der Waals surface area (Å²) in [4.78, 5) is 0. The van der Waals surface area contributed by atoms with Gasteiger partial charge in [0.05, 0.1) is 18.3 Å². The minimum absolute atomic E-state index is 0.166. The molecule has 0 radical (unpaired) electrons. The first-order valence-corrected chi connectivity index (χ1v) is 6.42. The Hall–Kier alpha value is -0.160. The van der Waals surface area contributed by atoms with Gasteiger partial charge in [-0.1, -0.05) is 26.2 Å². The van der Waals surface area contributed by atoms with E-state index in [1.54, 1.807) is 0 Å². The lowest BCUT2D eigenvalue weighted by atomic mass is 9.88. The van der Waals surface area contributed by atoms with Gasteiger partial charge in [-0.05, 0) is 19.4 Å². The van der Waals surface area contributed by atoms with Gasteiger partial charge in [0.15, 0.2) is 0 Å². The first-order chi connectivity index (χ1) is 7.65. The SMILES string of the molecule is CCCCCCN[C@@H]1C[C@H](O)C[C@@H](O)[C@H]1O. The van der Waals surface area contributed by atoms with E-state index in [0.717, 1.165) is 13.0 Å². The second-order valence-electron chi connectivity index (χ2n) is 4.80. The summed E-state index contributed by atoms with van der Waals surface area (Å²) in [5.41, 5.74) is 0. The van der Waals surface area contributed by atoms with Crippen molar-refractivity contribution in [1.29, 1.82) is 0 Å². The average molecular weight is 231 g/mol. The third-order valence-corrected chi connectivity index (χ3v) is 3.28. The molecule has 4 atom stereocenters. The second kappa shape index (κ2) is 7.22. The van der Waals surface area contributed by atoms with Crippen LogP contribution in [0.5, 0.6) is 0 Å². The molecule has 1 saturated carbocycles. The summed E-state index contributed by atoms with van der Waals surface area (Å²) >= 11 is 0. The first kappa shape index (κ1) is 13.9. The van der Waals surface area contributed by atoms with Gasteiger partial charge in [0.1, 0.15) is 0 Å². The van der Waals surface area contributed by atoms with E-state index < -0.39 is 18.3 Å². The summed E-state index contributed by atoms with van der Waals surface area (Å²) in [7, 11) is 0. The number of rotatable bonds is 6. The van der Waals surface area contributed by atoms with E-state index in [1.807, 2.05) is 0 Å². The van der Waals surface area contributed by atoms with Gasteiger partial charge in [-0.15, -0.1) is 0 Å². The minimum Gasteiger partial charge on any atom is -0.393 e. The van der Waals surface area contributed by atoms with E-state index in [4.69, 9.17) is 0 Å². The molecule has 1 aliphatic rings. The molecule has 0 aliphatic heterocycles. The zero-order chi connectivity index (χ0) is 12.0. The molecule has 4 nitrogen and oxygen atoms in total. The quantitative estimate of drug-likeness (QED) is 0.499. The molecule has 1 fully saturated rings. The van der Waals surface area contributed by atoms with Gasteiger partial charge in [0.2, 0.25) is 0 Å². The number of unbranched alkanes of at least 4 members (excludes halogenated alkanes) is 3. The molecule has 0 amide bonds. The van der Waals surface area contributed by atoms with Crippen molar-refractivity contribution in [3.63, 3.8) is 0 Å². The Morgan fingerprint density at radius 3 is 2.50 bits per heavy atom. The van der Waals surface area contributed by atoms with Crippen LogP contribution in [-0.2, 0) is 0 Å². The summed E-state index contributed by atoms with van der Waals surface area (Å²) < 4.78 is 0. The van der Waals surface area contributed by atoms with Crippen LogP contribution < -0.4 is 5.32 Å². The van der Waals surface area contributed by atoms with Crippen LogP contribution in [0.1, 0.15) is 45.4 Å². The number of aliphatic hydroxyl groups excluding tert-OH is 3. The summed E-state index contributed by atoms with van der Waals surface area (Å²) in [5.74, 6) is 0. The van der Waals surface area contributed by atoms with Gasteiger partial charge in [-0.2, -0.15) is 0 Å². The molecule has 0 aromatic carbocycles. The third-order valence-electron chi connectivity index (χ3n) is 3.28. The van der Waals surface area contributed by atoms with Crippen molar-refractivity contribution in [2.75, 3.05) is 6.54 Å². The van der Waals surface area contributed by atoms with E-state index >= 15 is 0 Å². The van der Waals surface area contributed by atoms with Crippen LogP contribution in [0.2, 0.25) is 0 Å². The highest BCUT2D eigenvalue weighted by atomic mass is 16.3. The van der Waals surface area contributed by atoms with Crippen molar-refractivity contribution in [3.8, 4) is 0 Å². The van der Waals surface area contributed by atoms with Gasteiger partial charge in [-0.3, -0.25) is 0 Å². The summed E-state index contributed by atoms with van der Waals surface area (Å²) in [6, 6.07) is -0.166. The molecule has 96 valence electrons. The maximum absolute atomic E-state index is 9.73. The van der Waals surface area contributed by atoms with Gasteiger partial charge in [0.25, 0.3) is 0 Å². The van der Waals surface area contributed by atoms with E-state index in [2.05, 4.69) is 12.2 Å². The molecule has 16 heavy (non-hydrogen) atoms. The number of nitrogens with one attached hydrogen (secondary N) is 1. The molecule has 0 spiro atoms. The van der Waals surface area contributed by atoms with Gasteiger partial charge < -0.3 is 20.6 Å². The van der Waals surface area contributed by atoms with E-state index in [1.165, 1.54) is 19.3 Å². The maximum Gasteiger partial charge on any atom is 0.0953 e. The maximum atomic E-state index is 9.73. The van der Waals surface area contributed by atoms with Crippen LogP contribution in [0.15, 0.2) is 0 Å². The van der Waals surface area contributed by atoms with Crippen LogP contribution >= 0.6 is 0 Å². The number of hydrogen-bond donors (Lipinski definition) is 4. The van der Waals surface area contributed by atoms with Crippen molar-refractivity contribution in [2.24, 2.45) is 0 Å². The molecule has 4 heteroatoms. The first-order valence-electron chi connectivity index (χ1n) is 6.42. The van der Waals surface area contributed by atoms with E-state index in [-0.39, 0.29) is 12.5 Å². The van der Waals surface area contributed by atoms with Gasteiger partial charge in [0, 0.05) is 12.5 Å². The van der Waals surface area contributed by atoms with Crippen molar-refractivity contribution < 1.29 is 15.3 Å². The molecule has 0 heterocycles. The normalized spacial score (nSPS) is 35.2. The van der Waals surface area contributed by atoms with Crippen LogP contribution in [-0.4, -0.2) is 46.2 Å². The van der Waals surface area contributed by atoms with Crippen LogP contribution in [0.3, 0.4) is 0 Å². The highest BCUT2D eigenvalue weighted by Crippen LogP contribution is 2.19. The molecule has 0 unspecified atom stereocenters. The monoisotopic (exact) mass is 231 g/mol. The molecule has 0 aromatic heterocycles. The minimum atomic E-state index is -0.795. The van der Waals surface area contributed by atoms with Crippen molar-refractivity contribution in [2.45, 2.75) is 69.8 Å². The van der Waals surface area contributed by atoms with Gasteiger partial charge >= 0.3 is 0 Å². The van der Waals surface area contributed by atoms with Crippen molar-refractivity contribution in [1.82, 2.24) is 5.32 Å². The largest absolute Gasteiger partial charge is 0.393 e. The predicted octanol–water partition coefficient (Wildman–Crippen LogP) is 0.401. The standard InChI is InChI=1S/C12H25NO3/c1-2-3-4-5-6-13-10-7-9(14)8-11(15)12(10)16/h9-16H,2-8H2,1H3/t9-,10+,11+,12-/m0/s1. The Labute approximate surface area is 97.7 Å². The Bertz CT molecular complexity index is 189. The summed E-state index contributed by atoms with van der Waals surface area (Å²) in [6.45, 7) is 3.02. The molecule has 4 N–H and O–H groups in total. The third kappa shape index (κ3) is 4.37. The fraction of sp³-hybridized carbons (Fsp3) is 1.00. The van der Waals surface area contributed by atoms with E-state index in [0.29, 0.717) is 6.42 Å². The topological polar surface area (TPSA) is 72.7 Å². The smallest absolute Gasteiger partial charge is 0.0953 e. The molecule has 1 aliphatic carbocycles. The highest BCUT2D eigenvalue weighted by molar-refractivity contribution is 4.90. The lowest BCUT2D eigenvalue weighted by Crippen LogP contribution is -2.53. The van der Waals surface area contributed by atoms with Crippen molar-refractivity contribution >= 4 is 0 Å². The molecular formula is C12H25NO3. The Kier molecular flexibility index (Phi) is 6.28. The van der Waals surface area contributed by atoms with Crippen LogP contribution in [0.25, 0.3) is 0 Å². The fourth-order valence-corrected chi connectivity index (χ4v) is 2.26. The zero-order valence-corrected chi connectivity index (χ0v) is 10.1. The lowest BCUT2D eigenvalue weighted by Gasteiger charge is -2.35. The molecular weight excluding hydrogens is 206 g/mol. The number of aliphatic hydroxyl groups is 3. The highest BCUT2D eigenvalue weighted by Gasteiger charge is 2.34. The van der Waals surface area contributed by atoms with Crippen LogP contribution in [0.4, 0.5) is 0 Å². The summed E-state index contributed by atoms with van der Waals surface area (Å²) in [6.07, 6.45) is 3.52. The Balaban J connectivity index is 2.19. The summed E-state index contributed by atoms with van der Waals surface area (Å²) in [5, 5.41) is 32.0. The van der Waals surface area contributed by atoms with Crippen LogP contribution in [0, 0.1) is 0 Å². The van der Waals surface area contributed by atoms with Crippen molar-refractivity contribution in [3.05, 3.63) is 0 Å². The zero-order valence-electron chi connectivity index (χ0n) is 10.1. The fourth-order valence-electron chi connectivity index (χ4n) is 2.26. The molecule has 1 rings (SSSR count). The van der Waals surface area contributed by atoms with Gasteiger partial charge in [-0.25, -0.2) is 0 Å². The Morgan fingerprint density at radius 1 is 1.06 bits per heavy atom. The second-order valence-corrected chi connectivity index (χ2v) is 4.80. The predicted molar refractivity (Wildman–Crippen MR) is 63.2 cm³/mol. The average Bonchev–Trinajstić information content (AvgIpc) is 2.24. The molecule has 0 saturated heterocycles. The number of hydrogen-bond acceptors (Lipinski definition) is 4.